The predicted molar refractivity (Wildman–Crippen MR) is 124 cm³/mol. The molecule has 172 valence electrons. The Morgan fingerprint density at radius 2 is 2.09 bits per heavy atom. The van der Waals surface area contributed by atoms with E-state index < -0.39 is 12.1 Å². The largest absolute Gasteiger partial charge is 0.454 e. The number of hydrogen-bond acceptors (Lipinski definition) is 8. The molecule has 2 aromatic heterocycles. The maximum absolute atomic E-state index is 13.5. The Labute approximate surface area is 201 Å². The molecule has 3 aliphatic rings. The van der Waals surface area contributed by atoms with Gasteiger partial charge in [-0.25, -0.2) is 9.78 Å². The van der Waals surface area contributed by atoms with Crippen molar-refractivity contribution in [1.82, 2.24) is 9.88 Å². The molecule has 0 atom stereocenters. The van der Waals surface area contributed by atoms with Gasteiger partial charge in [0.1, 0.15) is 21.5 Å². The minimum Gasteiger partial charge on any atom is -0.454 e. The van der Waals surface area contributed by atoms with Crippen LogP contribution in [-0.4, -0.2) is 52.9 Å². The fourth-order valence-electron chi connectivity index (χ4n) is 4.46. The summed E-state index contributed by atoms with van der Waals surface area (Å²) in [6, 6.07) is 4.74. The number of rotatable bonds is 2. The van der Waals surface area contributed by atoms with Crippen LogP contribution < -0.4 is 19.7 Å². The molecule has 1 saturated heterocycles. The van der Waals surface area contributed by atoms with Crippen molar-refractivity contribution in [3.63, 3.8) is 0 Å². The molecule has 3 aliphatic heterocycles. The van der Waals surface area contributed by atoms with Gasteiger partial charge in [0, 0.05) is 19.3 Å². The third-order valence-electron chi connectivity index (χ3n) is 6.10. The van der Waals surface area contributed by atoms with E-state index in [1.807, 2.05) is 0 Å². The number of halogens is 1. The molecule has 0 radical (unpaired) electrons. The number of piperidine rings is 1. The molecule has 12 heteroatoms. The Morgan fingerprint density at radius 3 is 2.85 bits per heavy atom. The van der Waals surface area contributed by atoms with E-state index in [1.165, 1.54) is 11.1 Å². The van der Waals surface area contributed by atoms with Crippen molar-refractivity contribution in [1.29, 1.82) is 5.26 Å². The maximum atomic E-state index is 13.5. The summed E-state index contributed by atoms with van der Waals surface area (Å²) < 4.78 is 11.0. The molecule has 0 aliphatic carbocycles. The number of ether oxygens (including phenoxy) is 2. The molecular weight excluding hydrogens is 482 g/mol. The zero-order valence-corrected chi connectivity index (χ0v) is 19.1. The summed E-state index contributed by atoms with van der Waals surface area (Å²) in [5.41, 5.74) is 0.987. The van der Waals surface area contributed by atoms with Crippen LogP contribution in [0.4, 0.5) is 21.9 Å². The van der Waals surface area contributed by atoms with Crippen LogP contribution in [0.5, 0.6) is 11.5 Å². The number of nitriles is 1. The van der Waals surface area contributed by atoms with Crippen molar-refractivity contribution >= 4 is 62.2 Å². The number of fused-ring (bicyclic) bond motifs is 1. The van der Waals surface area contributed by atoms with Gasteiger partial charge in [-0.15, -0.1) is 11.3 Å². The van der Waals surface area contributed by atoms with Crippen LogP contribution in [0.2, 0.25) is 5.02 Å². The smallest absolute Gasteiger partial charge is 0.331 e. The highest BCUT2D eigenvalue weighted by Gasteiger charge is 2.39. The maximum Gasteiger partial charge on any atom is 0.331 e. The number of carbonyl (C=O) groups is 2. The molecule has 34 heavy (non-hydrogen) atoms. The number of nitrogens with one attached hydrogen (secondary N) is 1. The number of pyridine rings is 1. The number of hydrogen-bond donors (Lipinski definition) is 2. The van der Waals surface area contributed by atoms with Gasteiger partial charge in [-0.2, -0.15) is 5.26 Å². The first-order chi connectivity index (χ1) is 16.5. The van der Waals surface area contributed by atoms with Crippen molar-refractivity contribution in [2.75, 3.05) is 30.1 Å². The second-order valence-electron chi connectivity index (χ2n) is 8.04. The summed E-state index contributed by atoms with van der Waals surface area (Å²) in [5, 5.41) is 23.2. The molecule has 1 aromatic carbocycles. The normalized spacial score (nSPS) is 17.1. The summed E-state index contributed by atoms with van der Waals surface area (Å²) in [5.74, 6) is 0.465. The van der Waals surface area contributed by atoms with Crippen LogP contribution in [0.25, 0.3) is 10.2 Å². The van der Waals surface area contributed by atoms with Gasteiger partial charge >= 0.3 is 6.03 Å². The number of likely N-dealkylation sites (tertiary alicyclic amines) is 1. The SMILES string of the molecule is N#Cc1cnc2sc(C(=O)N3CCC(O)CC3)c3c2c1N(c1c(Cl)ccc2c1OCO2)C(=O)N3. The van der Waals surface area contributed by atoms with E-state index in [1.54, 1.807) is 17.0 Å². The van der Waals surface area contributed by atoms with Crippen LogP contribution in [0, 0.1) is 11.3 Å². The van der Waals surface area contributed by atoms with Crippen LogP contribution in [0.3, 0.4) is 0 Å². The summed E-state index contributed by atoms with van der Waals surface area (Å²) in [4.78, 5) is 35.0. The van der Waals surface area contributed by atoms with E-state index in [0.717, 1.165) is 11.3 Å². The molecule has 3 amide bonds. The number of carbonyl (C=O) groups excluding carboxylic acids is 2. The summed E-state index contributed by atoms with van der Waals surface area (Å²) in [7, 11) is 0. The topological polar surface area (TPSA) is 128 Å². The number of thiophene rings is 1. The molecule has 3 aromatic rings. The first-order valence-corrected chi connectivity index (χ1v) is 11.7. The highest BCUT2D eigenvalue weighted by Crippen LogP contribution is 2.53. The quantitative estimate of drug-likeness (QED) is 0.550. The number of aliphatic hydroxyl groups is 1. The van der Waals surface area contributed by atoms with Gasteiger partial charge in [-0.3, -0.25) is 9.69 Å². The van der Waals surface area contributed by atoms with E-state index in [9.17, 15) is 20.0 Å². The Morgan fingerprint density at radius 1 is 1.29 bits per heavy atom. The lowest BCUT2D eigenvalue weighted by Crippen LogP contribution is -2.40. The van der Waals surface area contributed by atoms with Gasteiger partial charge in [-0.05, 0) is 25.0 Å². The summed E-state index contributed by atoms with van der Waals surface area (Å²) in [6.45, 7) is 0.809. The minimum atomic E-state index is -0.594. The number of aliphatic hydroxyl groups excluding tert-OH is 1. The summed E-state index contributed by atoms with van der Waals surface area (Å²) >= 11 is 7.65. The van der Waals surface area contributed by atoms with E-state index >= 15 is 0 Å². The van der Waals surface area contributed by atoms with Crippen molar-refractivity contribution in [2.24, 2.45) is 0 Å². The lowest BCUT2D eigenvalue weighted by Gasteiger charge is -2.31. The zero-order chi connectivity index (χ0) is 23.6. The van der Waals surface area contributed by atoms with Gasteiger partial charge < -0.3 is 24.8 Å². The summed E-state index contributed by atoms with van der Waals surface area (Å²) in [6.07, 6.45) is 1.94. The van der Waals surface area contributed by atoms with E-state index in [-0.39, 0.29) is 34.7 Å². The predicted octanol–water partition coefficient (Wildman–Crippen LogP) is 3.83. The Balaban J connectivity index is 1.55. The van der Waals surface area contributed by atoms with Gasteiger partial charge in [0.15, 0.2) is 11.5 Å². The van der Waals surface area contributed by atoms with Crippen LogP contribution >= 0.6 is 22.9 Å². The standard InChI is InChI=1S/C22H16ClN5O5S/c23-12-1-2-13-18(33-9-32-13)17(12)28-16-10(7-24)8-25-20-14(16)15(26-22(28)31)19(34-20)21(30)27-5-3-11(29)4-6-27/h1-2,8,11,29H,3-6,9H2,(H,26,31). The van der Waals surface area contributed by atoms with Crippen molar-refractivity contribution in [3.05, 3.63) is 33.8 Å². The van der Waals surface area contributed by atoms with Crippen LogP contribution in [-0.2, 0) is 0 Å². The second-order valence-corrected chi connectivity index (χ2v) is 9.44. The molecule has 0 spiro atoms. The molecule has 2 N–H and O–H groups in total. The van der Waals surface area contributed by atoms with E-state index in [2.05, 4.69) is 16.4 Å². The van der Waals surface area contributed by atoms with Gasteiger partial charge in [0.2, 0.25) is 6.79 Å². The lowest BCUT2D eigenvalue weighted by molar-refractivity contribution is 0.0551. The Bertz CT molecular complexity index is 1430. The van der Waals surface area contributed by atoms with E-state index in [4.69, 9.17) is 21.1 Å². The molecule has 1 fully saturated rings. The molecule has 5 heterocycles. The molecule has 6 rings (SSSR count). The average molecular weight is 498 g/mol. The fourth-order valence-corrected chi connectivity index (χ4v) is 5.77. The van der Waals surface area contributed by atoms with Gasteiger partial charge in [-0.1, -0.05) is 11.6 Å². The third kappa shape index (κ3) is 3.00. The van der Waals surface area contributed by atoms with Crippen LogP contribution in [0.1, 0.15) is 28.1 Å². The Hall–Kier alpha value is -3.59. The van der Waals surface area contributed by atoms with Crippen molar-refractivity contribution in [2.45, 2.75) is 18.9 Å². The van der Waals surface area contributed by atoms with Crippen molar-refractivity contribution in [3.8, 4) is 17.6 Å². The monoisotopic (exact) mass is 497 g/mol. The second kappa shape index (κ2) is 7.73. The number of amides is 3. The van der Waals surface area contributed by atoms with Crippen LogP contribution in [0.15, 0.2) is 18.3 Å². The van der Waals surface area contributed by atoms with Gasteiger partial charge in [0.05, 0.1) is 33.5 Å². The molecule has 10 nitrogen and oxygen atoms in total. The molecular formula is C22H16ClN5O5S. The van der Waals surface area contributed by atoms with Crippen molar-refractivity contribution < 1.29 is 24.2 Å². The average Bonchev–Trinajstić information content (AvgIpc) is 3.46. The first kappa shape index (κ1) is 21.0. The number of benzene rings is 1. The van der Waals surface area contributed by atoms with E-state index in [0.29, 0.717) is 58.2 Å². The Kier molecular flexibility index (Phi) is 4.77. The van der Waals surface area contributed by atoms with Gasteiger partial charge in [0.25, 0.3) is 5.91 Å². The molecule has 0 bridgehead atoms. The third-order valence-corrected chi connectivity index (χ3v) is 7.50. The highest BCUT2D eigenvalue weighted by molar-refractivity contribution is 7.21. The minimum absolute atomic E-state index is 0.0259. The fraction of sp³-hybridized carbons (Fsp3) is 0.273. The zero-order valence-electron chi connectivity index (χ0n) is 17.5. The number of nitrogens with zero attached hydrogens (tertiary/aromatic N) is 4. The molecule has 0 saturated carbocycles. The number of urea groups is 1. The highest BCUT2D eigenvalue weighted by atomic mass is 35.5. The lowest BCUT2D eigenvalue weighted by atomic mass is 10.1. The number of aromatic nitrogens is 1. The first-order valence-electron chi connectivity index (χ1n) is 10.5. The molecule has 0 unspecified atom stereocenters. The number of anilines is 3.